The van der Waals surface area contributed by atoms with Gasteiger partial charge in [-0.3, -0.25) is 4.98 Å². The van der Waals surface area contributed by atoms with Gasteiger partial charge in [0.15, 0.2) is 0 Å². The molecule has 138 valence electrons. The van der Waals surface area contributed by atoms with Crippen LogP contribution in [0.25, 0.3) is 10.9 Å². The Labute approximate surface area is 150 Å². The molecule has 0 amide bonds. The molecule has 0 saturated heterocycles. The molecule has 1 aromatic carbocycles. The maximum absolute atomic E-state index is 10.9. The summed E-state index contributed by atoms with van der Waals surface area (Å²) in [5.74, 6) is 0.681. The standard InChI is InChI=1S/C20H31N3O2/c1-4-6-10-23(11-7-5-2)14-19(24)16-8-9-22-20-17(16)12-15(25-3)13-18(20)21/h8-9,12-13,19,24H,4-7,10-11,14,21H2,1-3H3. The molecule has 0 saturated carbocycles. The monoisotopic (exact) mass is 345 g/mol. The molecule has 0 aliphatic rings. The van der Waals surface area contributed by atoms with Gasteiger partial charge in [-0.15, -0.1) is 0 Å². The zero-order valence-electron chi connectivity index (χ0n) is 15.7. The van der Waals surface area contributed by atoms with Gasteiger partial charge in [0.05, 0.1) is 24.4 Å². The number of benzene rings is 1. The van der Waals surface area contributed by atoms with E-state index >= 15 is 0 Å². The van der Waals surface area contributed by atoms with Crippen LogP contribution in [0.5, 0.6) is 5.75 Å². The number of rotatable bonds is 10. The van der Waals surface area contributed by atoms with E-state index < -0.39 is 6.10 Å². The number of pyridine rings is 1. The molecule has 2 rings (SSSR count). The predicted octanol–water partition coefficient (Wildman–Crippen LogP) is 3.76. The summed E-state index contributed by atoms with van der Waals surface area (Å²) in [5, 5.41) is 11.8. The number of nitrogens with two attached hydrogens (primary N) is 1. The number of anilines is 1. The number of nitrogen functional groups attached to an aromatic ring is 1. The second kappa shape index (κ2) is 9.59. The highest BCUT2D eigenvalue weighted by atomic mass is 16.5. The lowest BCUT2D eigenvalue weighted by atomic mass is 10.0. The minimum Gasteiger partial charge on any atom is -0.497 e. The molecule has 0 aliphatic heterocycles. The first-order valence-electron chi connectivity index (χ1n) is 9.23. The van der Waals surface area contributed by atoms with Gasteiger partial charge in [0, 0.05) is 24.2 Å². The summed E-state index contributed by atoms with van der Waals surface area (Å²) in [5.41, 5.74) is 8.24. The first-order chi connectivity index (χ1) is 12.1. The van der Waals surface area contributed by atoms with Crippen molar-refractivity contribution in [1.29, 1.82) is 0 Å². The Hall–Kier alpha value is -1.85. The molecule has 2 aromatic rings. The zero-order valence-corrected chi connectivity index (χ0v) is 15.7. The Morgan fingerprint density at radius 1 is 1.20 bits per heavy atom. The molecule has 3 N–H and O–H groups in total. The molecule has 0 bridgehead atoms. The predicted molar refractivity (Wildman–Crippen MR) is 104 cm³/mol. The van der Waals surface area contributed by atoms with Gasteiger partial charge < -0.3 is 20.5 Å². The number of aliphatic hydroxyl groups is 1. The summed E-state index contributed by atoms with van der Waals surface area (Å²) in [6.45, 7) is 7.04. The molecule has 1 heterocycles. The Balaban J connectivity index is 2.27. The van der Waals surface area contributed by atoms with E-state index in [1.807, 2.05) is 12.1 Å². The molecule has 1 unspecified atom stereocenters. The normalized spacial score (nSPS) is 12.7. The third-order valence-electron chi connectivity index (χ3n) is 4.56. The summed E-state index contributed by atoms with van der Waals surface area (Å²) < 4.78 is 5.33. The van der Waals surface area contributed by atoms with Crippen LogP contribution >= 0.6 is 0 Å². The van der Waals surface area contributed by atoms with E-state index in [1.165, 1.54) is 0 Å². The van der Waals surface area contributed by atoms with Crippen LogP contribution in [0.15, 0.2) is 24.4 Å². The summed E-state index contributed by atoms with van der Waals surface area (Å²) >= 11 is 0. The lowest BCUT2D eigenvalue weighted by Crippen LogP contribution is -2.30. The van der Waals surface area contributed by atoms with Crippen molar-refractivity contribution in [3.63, 3.8) is 0 Å². The Morgan fingerprint density at radius 2 is 1.88 bits per heavy atom. The topological polar surface area (TPSA) is 71.6 Å². The molecular formula is C20H31N3O2. The third kappa shape index (κ3) is 5.06. The van der Waals surface area contributed by atoms with Crippen molar-refractivity contribution in [3.8, 4) is 5.75 Å². The highest BCUT2D eigenvalue weighted by Gasteiger charge is 2.17. The van der Waals surface area contributed by atoms with Gasteiger partial charge >= 0.3 is 0 Å². The van der Waals surface area contributed by atoms with Gasteiger partial charge in [-0.2, -0.15) is 0 Å². The van der Waals surface area contributed by atoms with Crippen LogP contribution in [-0.4, -0.2) is 41.7 Å². The maximum Gasteiger partial charge on any atom is 0.121 e. The van der Waals surface area contributed by atoms with Crippen LogP contribution in [0.4, 0.5) is 5.69 Å². The second-order valence-corrected chi connectivity index (χ2v) is 6.54. The number of nitrogens with zero attached hydrogens (tertiary/aromatic N) is 2. The molecule has 0 fully saturated rings. The van der Waals surface area contributed by atoms with Crippen molar-refractivity contribution in [2.45, 2.75) is 45.6 Å². The SMILES string of the molecule is CCCCN(CCCC)CC(O)c1ccnc2c(N)cc(OC)cc12. The van der Waals surface area contributed by atoms with Crippen LogP contribution < -0.4 is 10.5 Å². The minimum absolute atomic E-state index is 0.567. The number of methoxy groups -OCH3 is 1. The zero-order chi connectivity index (χ0) is 18.2. The number of aromatic nitrogens is 1. The number of aliphatic hydroxyl groups excluding tert-OH is 1. The van der Waals surface area contributed by atoms with E-state index in [2.05, 4.69) is 23.7 Å². The highest BCUT2D eigenvalue weighted by Crippen LogP contribution is 2.31. The fourth-order valence-electron chi connectivity index (χ4n) is 3.08. The number of fused-ring (bicyclic) bond motifs is 1. The van der Waals surface area contributed by atoms with E-state index in [-0.39, 0.29) is 0 Å². The molecule has 0 radical (unpaired) electrons. The fraction of sp³-hybridized carbons (Fsp3) is 0.550. The first kappa shape index (κ1) is 19.5. The number of hydrogen-bond donors (Lipinski definition) is 2. The van der Waals surface area contributed by atoms with Crippen molar-refractivity contribution in [1.82, 2.24) is 9.88 Å². The summed E-state index contributed by atoms with van der Waals surface area (Å²) in [7, 11) is 1.62. The molecule has 25 heavy (non-hydrogen) atoms. The number of hydrogen-bond acceptors (Lipinski definition) is 5. The molecular weight excluding hydrogens is 314 g/mol. The Kier molecular flexibility index (Phi) is 7.47. The van der Waals surface area contributed by atoms with E-state index in [9.17, 15) is 5.11 Å². The molecule has 1 aromatic heterocycles. The van der Waals surface area contributed by atoms with Crippen LogP contribution in [0.2, 0.25) is 0 Å². The van der Waals surface area contributed by atoms with Gasteiger partial charge in [-0.1, -0.05) is 26.7 Å². The maximum atomic E-state index is 10.9. The average Bonchev–Trinajstić information content (AvgIpc) is 2.63. The molecule has 5 nitrogen and oxygen atoms in total. The number of ether oxygens (including phenoxy) is 1. The van der Waals surface area contributed by atoms with E-state index in [4.69, 9.17) is 10.5 Å². The van der Waals surface area contributed by atoms with Gasteiger partial charge in [-0.25, -0.2) is 0 Å². The largest absolute Gasteiger partial charge is 0.497 e. The van der Waals surface area contributed by atoms with Crippen molar-refractivity contribution in [2.24, 2.45) is 0 Å². The summed E-state index contributed by atoms with van der Waals surface area (Å²) in [6.07, 6.45) is 5.75. The van der Waals surface area contributed by atoms with Crippen LogP contribution in [0.1, 0.15) is 51.2 Å². The average molecular weight is 345 g/mol. The van der Waals surface area contributed by atoms with Crippen LogP contribution in [-0.2, 0) is 0 Å². The molecule has 1 atom stereocenters. The lowest BCUT2D eigenvalue weighted by Gasteiger charge is -2.25. The van der Waals surface area contributed by atoms with E-state index in [0.29, 0.717) is 23.5 Å². The Bertz CT molecular complexity index is 667. The van der Waals surface area contributed by atoms with Gasteiger partial charge in [0.2, 0.25) is 0 Å². The first-order valence-corrected chi connectivity index (χ1v) is 9.23. The molecule has 5 heteroatoms. The Morgan fingerprint density at radius 3 is 2.48 bits per heavy atom. The van der Waals surface area contributed by atoms with Crippen molar-refractivity contribution < 1.29 is 9.84 Å². The highest BCUT2D eigenvalue weighted by molar-refractivity contribution is 5.93. The molecule has 0 aliphatic carbocycles. The smallest absolute Gasteiger partial charge is 0.121 e. The third-order valence-corrected chi connectivity index (χ3v) is 4.56. The fourth-order valence-corrected chi connectivity index (χ4v) is 3.08. The van der Waals surface area contributed by atoms with Gasteiger partial charge in [0.1, 0.15) is 5.75 Å². The van der Waals surface area contributed by atoms with Crippen LogP contribution in [0, 0.1) is 0 Å². The summed E-state index contributed by atoms with van der Waals surface area (Å²) in [6, 6.07) is 5.55. The van der Waals surface area contributed by atoms with E-state index in [1.54, 1.807) is 19.4 Å². The van der Waals surface area contributed by atoms with Crippen molar-refractivity contribution in [2.75, 3.05) is 32.5 Å². The van der Waals surface area contributed by atoms with Gasteiger partial charge in [-0.05, 0) is 43.6 Å². The van der Waals surface area contributed by atoms with Crippen molar-refractivity contribution in [3.05, 3.63) is 30.0 Å². The number of unbranched alkanes of at least 4 members (excludes halogenated alkanes) is 2. The van der Waals surface area contributed by atoms with Gasteiger partial charge in [0.25, 0.3) is 0 Å². The molecule has 0 spiro atoms. The quantitative estimate of drug-likeness (QED) is 0.642. The second-order valence-electron chi connectivity index (χ2n) is 6.54. The van der Waals surface area contributed by atoms with E-state index in [0.717, 1.165) is 49.7 Å². The minimum atomic E-state index is -0.578. The van der Waals surface area contributed by atoms with Crippen LogP contribution in [0.3, 0.4) is 0 Å². The van der Waals surface area contributed by atoms with Crippen molar-refractivity contribution >= 4 is 16.6 Å². The lowest BCUT2D eigenvalue weighted by molar-refractivity contribution is 0.112. The summed E-state index contributed by atoms with van der Waals surface area (Å²) in [4.78, 5) is 6.73.